The van der Waals surface area contributed by atoms with E-state index in [1.54, 1.807) is 28.9 Å². The van der Waals surface area contributed by atoms with Crippen molar-refractivity contribution in [2.24, 2.45) is 7.05 Å². The molecular formula is C20H24N4O3. The highest BCUT2D eigenvalue weighted by Gasteiger charge is 2.48. The molecule has 2 saturated heterocycles. The standard InChI is InChI=1S/C20H24N4O3/c1-22-17(9-11-21-22)18(25)23-13-14-27-20(15-23)10-5-6-12-24(19(20)26)16-7-3-2-4-8-16/h2-4,7-9,11H,5-6,10,12-15H2,1H3. The van der Waals surface area contributed by atoms with Gasteiger partial charge in [-0.05, 0) is 37.5 Å². The van der Waals surface area contributed by atoms with Gasteiger partial charge in [0.1, 0.15) is 5.69 Å². The predicted molar refractivity (Wildman–Crippen MR) is 100 cm³/mol. The number of hydrogen-bond acceptors (Lipinski definition) is 4. The summed E-state index contributed by atoms with van der Waals surface area (Å²) < 4.78 is 7.64. The lowest BCUT2D eigenvalue weighted by Crippen LogP contribution is -2.61. The normalized spacial score (nSPS) is 23.5. The SMILES string of the molecule is Cn1nccc1C(=O)N1CCOC2(CCCCN(c3ccccc3)C2=O)C1. The van der Waals surface area contributed by atoms with Gasteiger partial charge < -0.3 is 14.5 Å². The predicted octanol–water partition coefficient (Wildman–Crippen LogP) is 1.85. The smallest absolute Gasteiger partial charge is 0.272 e. The van der Waals surface area contributed by atoms with E-state index in [0.717, 1.165) is 18.5 Å². The van der Waals surface area contributed by atoms with E-state index in [1.165, 1.54) is 0 Å². The van der Waals surface area contributed by atoms with E-state index in [9.17, 15) is 9.59 Å². The molecule has 2 aliphatic heterocycles. The van der Waals surface area contributed by atoms with Crippen LogP contribution >= 0.6 is 0 Å². The maximum Gasteiger partial charge on any atom is 0.272 e. The van der Waals surface area contributed by atoms with Crippen molar-refractivity contribution in [1.29, 1.82) is 0 Å². The molecule has 3 heterocycles. The summed E-state index contributed by atoms with van der Waals surface area (Å²) in [4.78, 5) is 30.0. The first kappa shape index (κ1) is 17.7. The van der Waals surface area contributed by atoms with Crippen molar-refractivity contribution < 1.29 is 14.3 Å². The zero-order valence-electron chi connectivity index (χ0n) is 15.5. The van der Waals surface area contributed by atoms with Crippen LogP contribution in [-0.2, 0) is 16.6 Å². The molecule has 0 aliphatic carbocycles. The highest BCUT2D eigenvalue weighted by molar-refractivity contribution is 6.01. The van der Waals surface area contributed by atoms with Crippen molar-refractivity contribution in [1.82, 2.24) is 14.7 Å². The monoisotopic (exact) mass is 368 g/mol. The number of nitrogens with zero attached hydrogens (tertiary/aromatic N) is 4. The Morgan fingerprint density at radius 2 is 1.96 bits per heavy atom. The molecule has 142 valence electrons. The van der Waals surface area contributed by atoms with E-state index in [1.807, 2.05) is 35.2 Å². The van der Waals surface area contributed by atoms with Crippen LogP contribution < -0.4 is 4.90 Å². The molecule has 1 spiro atoms. The molecule has 1 atom stereocenters. The average Bonchev–Trinajstić information content (AvgIpc) is 3.07. The van der Waals surface area contributed by atoms with Gasteiger partial charge in [0, 0.05) is 32.0 Å². The first-order chi connectivity index (χ1) is 13.1. The number of aryl methyl sites for hydroxylation is 1. The second-order valence-corrected chi connectivity index (χ2v) is 7.16. The molecule has 0 bridgehead atoms. The van der Waals surface area contributed by atoms with Gasteiger partial charge in [0.2, 0.25) is 0 Å². The average molecular weight is 368 g/mol. The molecule has 2 aromatic rings. The third-order valence-corrected chi connectivity index (χ3v) is 5.43. The van der Waals surface area contributed by atoms with Crippen molar-refractivity contribution in [2.45, 2.75) is 24.9 Å². The quantitative estimate of drug-likeness (QED) is 0.811. The number of hydrogen-bond donors (Lipinski definition) is 0. The fraction of sp³-hybridized carbons (Fsp3) is 0.450. The Labute approximate surface area is 158 Å². The molecule has 0 N–H and O–H groups in total. The summed E-state index contributed by atoms with van der Waals surface area (Å²) in [6.07, 6.45) is 4.05. The van der Waals surface area contributed by atoms with Crippen molar-refractivity contribution in [3.05, 3.63) is 48.3 Å². The molecule has 2 aliphatic rings. The number of benzene rings is 1. The summed E-state index contributed by atoms with van der Waals surface area (Å²) in [5.41, 5.74) is 0.425. The highest BCUT2D eigenvalue weighted by atomic mass is 16.5. The van der Waals surface area contributed by atoms with Gasteiger partial charge >= 0.3 is 0 Å². The number of ether oxygens (including phenoxy) is 1. The van der Waals surface area contributed by atoms with Crippen LogP contribution in [0.4, 0.5) is 5.69 Å². The van der Waals surface area contributed by atoms with Gasteiger partial charge in [-0.25, -0.2) is 0 Å². The molecule has 1 aromatic heterocycles. The van der Waals surface area contributed by atoms with Crippen LogP contribution in [0.3, 0.4) is 0 Å². The largest absolute Gasteiger partial charge is 0.361 e. The molecule has 4 rings (SSSR count). The van der Waals surface area contributed by atoms with Crippen molar-refractivity contribution in [3.8, 4) is 0 Å². The topological polar surface area (TPSA) is 67.7 Å². The minimum atomic E-state index is -0.973. The summed E-state index contributed by atoms with van der Waals surface area (Å²) >= 11 is 0. The van der Waals surface area contributed by atoms with Crippen molar-refractivity contribution >= 4 is 17.5 Å². The lowest BCUT2D eigenvalue weighted by Gasteiger charge is -2.42. The molecule has 2 amide bonds. The Bertz CT molecular complexity index is 835. The summed E-state index contributed by atoms with van der Waals surface area (Å²) in [5.74, 6) is -0.158. The lowest BCUT2D eigenvalue weighted by atomic mass is 9.93. The minimum absolute atomic E-state index is 0.0475. The van der Waals surface area contributed by atoms with Gasteiger partial charge in [-0.15, -0.1) is 0 Å². The second-order valence-electron chi connectivity index (χ2n) is 7.16. The third-order valence-electron chi connectivity index (χ3n) is 5.43. The molecule has 7 nitrogen and oxygen atoms in total. The Balaban J connectivity index is 1.61. The summed E-state index contributed by atoms with van der Waals surface area (Å²) in [5, 5.41) is 4.08. The van der Waals surface area contributed by atoms with E-state index >= 15 is 0 Å². The van der Waals surface area contributed by atoms with Gasteiger partial charge in [-0.1, -0.05) is 18.2 Å². The molecule has 0 radical (unpaired) electrons. The zero-order chi connectivity index (χ0) is 18.9. The van der Waals surface area contributed by atoms with Crippen LogP contribution in [0, 0.1) is 0 Å². The van der Waals surface area contributed by atoms with E-state index in [4.69, 9.17) is 4.74 Å². The number of anilines is 1. The van der Waals surface area contributed by atoms with E-state index < -0.39 is 5.60 Å². The molecule has 1 aromatic carbocycles. The summed E-state index contributed by atoms with van der Waals surface area (Å²) in [7, 11) is 1.75. The highest BCUT2D eigenvalue weighted by Crippen LogP contribution is 2.32. The molecule has 7 heteroatoms. The fourth-order valence-corrected chi connectivity index (χ4v) is 3.97. The zero-order valence-corrected chi connectivity index (χ0v) is 15.5. The fourth-order valence-electron chi connectivity index (χ4n) is 3.97. The first-order valence-corrected chi connectivity index (χ1v) is 9.39. The first-order valence-electron chi connectivity index (χ1n) is 9.39. The van der Waals surface area contributed by atoms with Crippen LogP contribution in [0.5, 0.6) is 0 Å². The second kappa shape index (κ2) is 7.15. The molecule has 1 unspecified atom stereocenters. The maximum atomic E-state index is 13.5. The number of carbonyl (C=O) groups excluding carboxylic acids is 2. The molecule has 0 saturated carbocycles. The van der Waals surface area contributed by atoms with Crippen LogP contribution in [-0.4, -0.2) is 58.3 Å². The van der Waals surface area contributed by atoms with E-state index in [2.05, 4.69) is 5.10 Å². The van der Waals surface area contributed by atoms with E-state index in [-0.39, 0.29) is 18.4 Å². The summed E-state index contributed by atoms with van der Waals surface area (Å²) in [6, 6.07) is 11.4. The van der Waals surface area contributed by atoms with Gasteiger partial charge in [0.25, 0.3) is 11.8 Å². The molecule has 2 fully saturated rings. The Morgan fingerprint density at radius 1 is 1.15 bits per heavy atom. The lowest BCUT2D eigenvalue weighted by molar-refractivity contribution is -0.155. The van der Waals surface area contributed by atoms with E-state index in [0.29, 0.717) is 31.8 Å². The van der Waals surface area contributed by atoms with Crippen molar-refractivity contribution in [3.63, 3.8) is 0 Å². The molecule has 27 heavy (non-hydrogen) atoms. The number of para-hydroxylation sites is 1. The van der Waals surface area contributed by atoms with Gasteiger partial charge in [0.05, 0.1) is 13.2 Å². The number of carbonyl (C=O) groups is 2. The number of amides is 2. The third kappa shape index (κ3) is 3.23. The van der Waals surface area contributed by atoms with Crippen LogP contribution in [0.25, 0.3) is 0 Å². The Morgan fingerprint density at radius 3 is 2.70 bits per heavy atom. The van der Waals surface area contributed by atoms with Crippen LogP contribution in [0.1, 0.15) is 29.8 Å². The van der Waals surface area contributed by atoms with Crippen LogP contribution in [0.2, 0.25) is 0 Å². The number of morpholine rings is 1. The number of rotatable bonds is 2. The van der Waals surface area contributed by atoms with Crippen LogP contribution in [0.15, 0.2) is 42.6 Å². The van der Waals surface area contributed by atoms with Crippen molar-refractivity contribution in [2.75, 3.05) is 31.1 Å². The molecular weight excluding hydrogens is 344 g/mol. The van der Waals surface area contributed by atoms with Gasteiger partial charge in [-0.2, -0.15) is 5.10 Å². The maximum absolute atomic E-state index is 13.5. The Kier molecular flexibility index (Phi) is 4.70. The Hall–Kier alpha value is -2.67. The van der Waals surface area contributed by atoms with Gasteiger partial charge in [0.15, 0.2) is 5.60 Å². The minimum Gasteiger partial charge on any atom is -0.361 e. The number of aromatic nitrogens is 2. The summed E-state index contributed by atoms with van der Waals surface area (Å²) in [6.45, 7) is 1.78. The van der Waals surface area contributed by atoms with Gasteiger partial charge in [-0.3, -0.25) is 14.3 Å².